The summed E-state index contributed by atoms with van der Waals surface area (Å²) in [7, 11) is 0. The summed E-state index contributed by atoms with van der Waals surface area (Å²) in [4.78, 5) is 23.1. The lowest BCUT2D eigenvalue weighted by Crippen LogP contribution is -2.30. The summed E-state index contributed by atoms with van der Waals surface area (Å²) in [6.07, 6.45) is 6.84. The van der Waals surface area contributed by atoms with Crippen LogP contribution in [0, 0.1) is 6.92 Å². The molecule has 0 atom stereocenters. The quantitative estimate of drug-likeness (QED) is 0.932. The molecule has 23 heavy (non-hydrogen) atoms. The lowest BCUT2D eigenvalue weighted by atomic mass is 10.1. The normalized spacial score (nSPS) is 14.6. The van der Waals surface area contributed by atoms with Crippen LogP contribution in [0.1, 0.15) is 35.3 Å². The van der Waals surface area contributed by atoms with Gasteiger partial charge in [0.2, 0.25) is 0 Å². The number of amides is 1. The molecule has 0 bridgehead atoms. The number of benzene rings is 1. The highest BCUT2D eigenvalue weighted by Gasteiger charge is 2.14. The van der Waals surface area contributed by atoms with Crippen molar-refractivity contribution in [2.24, 2.45) is 0 Å². The smallest absolute Gasteiger partial charge is 0.275 e. The van der Waals surface area contributed by atoms with Crippen LogP contribution in [0.3, 0.4) is 0 Å². The van der Waals surface area contributed by atoms with Crippen molar-refractivity contribution in [3.8, 4) is 0 Å². The Hall–Kier alpha value is -2.14. The first-order valence-corrected chi connectivity index (χ1v) is 8.16. The first-order valence-electron chi connectivity index (χ1n) is 7.78. The Bertz CT molecular complexity index is 696. The maximum absolute atomic E-state index is 12.3. The van der Waals surface area contributed by atoms with Gasteiger partial charge in [-0.3, -0.25) is 4.79 Å². The van der Waals surface area contributed by atoms with Crippen LogP contribution in [-0.2, 0) is 0 Å². The van der Waals surface area contributed by atoms with Gasteiger partial charge in [0.1, 0.15) is 11.5 Å². The molecule has 2 heterocycles. The summed E-state index contributed by atoms with van der Waals surface area (Å²) in [5.74, 6) is 0.567. The molecule has 1 aromatic heterocycles. The average molecular weight is 331 g/mol. The Morgan fingerprint density at radius 1 is 1.17 bits per heavy atom. The fraction of sp³-hybridized carbons (Fsp3) is 0.353. The molecule has 6 heteroatoms. The van der Waals surface area contributed by atoms with E-state index in [9.17, 15) is 4.79 Å². The molecule has 1 aliphatic rings. The fourth-order valence-electron chi connectivity index (χ4n) is 2.68. The molecule has 1 amide bonds. The number of piperidine rings is 1. The molecular weight excluding hydrogens is 312 g/mol. The SMILES string of the molecule is Cc1cc(Cl)ccc1NC(=O)c1cnc(N2CCCCC2)cn1. The predicted molar refractivity (Wildman–Crippen MR) is 92.2 cm³/mol. The van der Waals surface area contributed by atoms with E-state index in [1.807, 2.05) is 13.0 Å². The van der Waals surface area contributed by atoms with E-state index >= 15 is 0 Å². The van der Waals surface area contributed by atoms with Crippen LogP contribution >= 0.6 is 11.6 Å². The molecule has 120 valence electrons. The summed E-state index contributed by atoms with van der Waals surface area (Å²) in [5.41, 5.74) is 1.94. The molecule has 1 aromatic carbocycles. The molecule has 1 saturated heterocycles. The van der Waals surface area contributed by atoms with Gasteiger partial charge in [-0.05, 0) is 49.9 Å². The maximum Gasteiger partial charge on any atom is 0.275 e. The highest BCUT2D eigenvalue weighted by molar-refractivity contribution is 6.30. The molecule has 2 aromatic rings. The molecule has 0 aliphatic carbocycles. The van der Waals surface area contributed by atoms with E-state index in [1.54, 1.807) is 18.3 Å². The summed E-state index contributed by atoms with van der Waals surface area (Å²) in [6, 6.07) is 5.34. The summed E-state index contributed by atoms with van der Waals surface area (Å²) >= 11 is 5.92. The van der Waals surface area contributed by atoms with Gasteiger partial charge in [0, 0.05) is 23.8 Å². The minimum absolute atomic E-state index is 0.270. The van der Waals surface area contributed by atoms with Gasteiger partial charge in [-0.1, -0.05) is 11.6 Å². The van der Waals surface area contributed by atoms with Crippen LogP contribution in [0.15, 0.2) is 30.6 Å². The minimum atomic E-state index is -0.270. The van der Waals surface area contributed by atoms with Crippen molar-refractivity contribution in [3.63, 3.8) is 0 Å². The van der Waals surface area contributed by atoms with Crippen LogP contribution in [0.4, 0.5) is 11.5 Å². The largest absolute Gasteiger partial charge is 0.355 e. The van der Waals surface area contributed by atoms with Crippen molar-refractivity contribution in [2.45, 2.75) is 26.2 Å². The standard InChI is InChI=1S/C17H19ClN4O/c1-12-9-13(18)5-6-14(12)21-17(23)15-10-20-16(11-19-15)22-7-3-2-4-8-22/h5-6,9-11H,2-4,7-8H2,1H3,(H,21,23). The van der Waals surface area contributed by atoms with Gasteiger partial charge in [-0.2, -0.15) is 0 Å². The van der Waals surface area contributed by atoms with Crippen molar-refractivity contribution in [1.29, 1.82) is 0 Å². The number of carbonyl (C=O) groups is 1. The number of carbonyl (C=O) groups excluding carboxylic acids is 1. The van der Waals surface area contributed by atoms with Gasteiger partial charge in [-0.25, -0.2) is 9.97 Å². The third-order valence-electron chi connectivity index (χ3n) is 3.99. The lowest BCUT2D eigenvalue weighted by molar-refractivity contribution is 0.102. The number of aromatic nitrogens is 2. The van der Waals surface area contributed by atoms with E-state index in [2.05, 4.69) is 20.2 Å². The van der Waals surface area contributed by atoms with Crippen molar-refractivity contribution in [1.82, 2.24) is 9.97 Å². The number of hydrogen-bond acceptors (Lipinski definition) is 4. The van der Waals surface area contributed by atoms with Crippen LogP contribution in [-0.4, -0.2) is 29.0 Å². The second-order valence-corrected chi connectivity index (χ2v) is 6.16. The second kappa shape index (κ2) is 6.96. The van der Waals surface area contributed by atoms with Gasteiger partial charge in [0.05, 0.1) is 12.4 Å². The van der Waals surface area contributed by atoms with Crippen LogP contribution in [0.5, 0.6) is 0 Å². The number of rotatable bonds is 3. The van der Waals surface area contributed by atoms with Crippen molar-refractivity contribution in [2.75, 3.05) is 23.3 Å². The maximum atomic E-state index is 12.3. The molecule has 5 nitrogen and oxygen atoms in total. The molecule has 0 radical (unpaired) electrons. The third-order valence-corrected chi connectivity index (χ3v) is 4.22. The van der Waals surface area contributed by atoms with Gasteiger partial charge >= 0.3 is 0 Å². The van der Waals surface area contributed by atoms with Crippen molar-refractivity contribution >= 4 is 29.0 Å². The monoisotopic (exact) mass is 330 g/mol. The van der Waals surface area contributed by atoms with Gasteiger partial charge in [-0.15, -0.1) is 0 Å². The molecule has 3 rings (SSSR count). The second-order valence-electron chi connectivity index (χ2n) is 5.72. The first kappa shape index (κ1) is 15.7. The van der Waals surface area contributed by atoms with Crippen LogP contribution < -0.4 is 10.2 Å². The number of halogens is 1. The summed E-state index contributed by atoms with van der Waals surface area (Å²) < 4.78 is 0. The zero-order chi connectivity index (χ0) is 16.2. The van der Waals surface area contributed by atoms with Gasteiger partial charge < -0.3 is 10.2 Å². The Labute approximate surface area is 140 Å². The van der Waals surface area contributed by atoms with Gasteiger partial charge in [0.25, 0.3) is 5.91 Å². The van der Waals surface area contributed by atoms with Crippen LogP contribution in [0.25, 0.3) is 0 Å². The molecule has 0 unspecified atom stereocenters. The predicted octanol–water partition coefficient (Wildman–Crippen LogP) is 3.68. The molecule has 0 spiro atoms. The number of aryl methyl sites for hydroxylation is 1. The molecule has 1 N–H and O–H groups in total. The number of nitrogens with zero attached hydrogens (tertiary/aromatic N) is 3. The topological polar surface area (TPSA) is 58.1 Å². The van der Waals surface area contributed by atoms with E-state index < -0.39 is 0 Å². The lowest BCUT2D eigenvalue weighted by Gasteiger charge is -2.27. The van der Waals surface area contributed by atoms with Crippen LogP contribution in [0.2, 0.25) is 5.02 Å². The van der Waals surface area contributed by atoms with E-state index in [1.165, 1.54) is 25.5 Å². The number of anilines is 2. The van der Waals surface area contributed by atoms with E-state index in [0.717, 1.165) is 30.2 Å². The van der Waals surface area contributed by atoms with E-state index in [-0.39, 0.29) is 5.91 Å². The zero-order valence-corrected chi connectivity index (χ0v) is 13.8. The summed E-state index contributed by atoms with van der Waals surface area (Å²) in [5, 5.41) is 3.48. The minimum Gasteiger partial charge on any atom is -0.355 e. The molecule has 1 aliphatic heterocycles. The van der Waals surface area contributed by atoms with Crippen molar-refractivity contribution in [3.05, 3.63) is 46.9 Å². The van der Waals surface area contributed by atoms with E-state index in [0.29, 0.717) is 10.7 Å². The molecule has 0 saturated carbocycles. The Morgan fingerprint density at radius 3 is 2.61 bits per heavy atom. The van der Waals surface area contributed by atoms with Crippen molar-refractivity contribution < 1.29 is 4.79 Å². The average Bonchev–Trinajstić information content (AvgIpc) is 2.58. The van der Waals surface area contributed by atoms with Gasteiger partial charge in [0.15, 0.2) is 0 Å². The Morgan fingerprint density at radius 2 is 1.96 bits per heavy atom. The molecular formula is C17H19ClN4O. The molecule has 1 fully saturated rings. The Balaban J connectivity index is 1.69. The van der Waals surface area contributed by atoms with E-state index in [4.69, 9.17) is 11.6 Å². The summed E-state index contributed by atoms with van der Waals surface area (Å²) in [6.45, 7) is 3.90. The highest BCUT2D eigenvalue weighted by Crippen LogP contribution is 2.20. The zero-order valence-electron chi connectivity index (χ0n) is 13.1. The number of nitrogens with one attached hydrogen (secondary N) is 1. The first-order chi connectivity index (χ1) is 11.1. The fourth-order valence-corrected chi connectivity index (χ4v) is 2.91. The number of hydrogen-bond donors (Lipinski definition) is 1. The Kier molecular flexibility index (Phi) is 4.76. The third kappa shape index (κ3) is 3.79. The highest BCUT2D eigenvalue weighted by atomic mass is 35.5.